The van der Waals surface area contributed by atoms with E-state index < -0.39 is 0 Å². The molecule has 27 heavy (non-hydrogen) atoms. The minimum atomic E-state index is -0.325. The van der Waals surface area contributed by atoms with E-state index in [1.807, 2.05) is 32.0 Å². The summed E-state index contributed by atoms with van der Waals surface area (Å²) in [5.74, 6) is 6.87. The van der Waals surface area contributed by atoms with Gasteiger partial charge in [0.05, 0.1) is 17.1 Å². The van der Waals surface area contributed by atoms with Crippen LogP contribution in [0.5, 0.6) is 11.5 Å². The monoisotopic (exact) mass is 403 g/mol. The van der Waals surface area contributed by atoms with Crippen molar-refractivity contribution in [3.8, 4) is 23.3 Å². The topological polar surface area (TPSA) is 47.6 Å². The fraction of sp³-hybridized carbons (Fsp3) is 0.286. The second kappa shape index (κ2) is 8.12. The molecule has 1 aliphatic rings. The zero-order valence-corrected chi connectivity index (χ0v) is 16.6. The number of carbonyl (C=O) groups is 1. The van der Waals surface area contributed by atoms with Crippen molar-refractivity contribution in [2.75, 3.05) is 13.2 Å². The molecule has 140 valence electrons. The standard InChI is InChI=1S/C21H19Cl2NO3/c1-21(2)13-14-6-5-7-18(19(14)27-21)26-11-4-3-10-24-20(25)16-12-15(22)8-9-17(16)23/h5-9,12H,10-11,13H2,1-2H3,(H,24,25). The van der Waals surface area contributed by atoms with Crippen molar-refractivity contribution in [1.82, 2.24) is 5.32 Å². The molecule has 1 aliphatic heterocycles. The maximum atomic E-state index is 12.1. The van der Waals surface area contributed by atoms with Crippen molar-refractivity contribution in [3.05, 3.63) is 57.6 Å². The third-order valence-electron chi connectivity index (χ3n) is 3.99. The molecule has 0 fully saturated rings. The molecule has 0 aliphatic carbocycles. The van der Waals surface area contributed by atoms with E-state index in [4.69, 9.17) is 32.7 Å². The number of nitrogens with one attached hydrogen (secondary N) is 1. The number of halogens is 2. The number of rotatable bonds is 4. The number of carbonyl (C=O) groups excluding carboxylic acids is 1. The Morgan fingerprint density at radius 1 is 1.26 bits per heavy atom. The maximum Gasteiger partial charge on any atom is 0.253 e. The molecule has 0 aromatic heterocycles. The van der Waals surface area contributed by atoms with Crippen molar-refractivity contribution in [2.24, 2.45) is 0 Å². The van der Waals surface area contributed by atoms with Crippen molar-refractivity contribution >= 4 is 29.1 Å². The van der Waals surface area contributed by atoms with Crippen LogP contribution in [0, 0.1) is 11.8 Å². The summed E-state index contributed by atoms with van der Waals surface area (Å²) in [6.07, 6.45) is 0.851. The lowest BCUT2D eigenvalue weighted by Crippen LogP contribution is -2.24. The first kappa shape index (κ1) is 19.4. The van der Waals surface area contributed by atoms with Crippen LogP contribution < -0.4 is 14.8 Å². The third kappa shape index (κ3) is 4.88. The summed E-state index contributed by atoms with van der Waals surface area (Å²) < 4.78 is 11.7. The highest BCUT2D eigenvalue weighted by molar-refractivity contribution is 6.35. The molecular weight excluding hydrogens is 385 g/mol. The van der Waals surface area contributed by atoms with Crippen LogP contribution in [-0.2, 0) is 6.42 Å². The second-order valence-corrected chi connectivity index (χ2v) is 7.58. The number of benzene rings is 2. The lowest BCUT2D eigenvalue weighted by Gasteiger charge is -2.17. The number of para-hydroxylation sites is 1. The molecule has 0 unspecified atom stereocenters. The van der Waals surface area contributed by atoms with Gasteiger partial charge >= 0.3 is 0 Å². The number of amides is 1. The molecule has 0 radical (unpaired) electrons. The Bertz CT molecular complexity index is 929. The average Bonchev–Trinajstić information content (AvgIpc) is 2.94. The van der Waals surface area contributed by atoms with E-state index in [-0.39, 0.29) is 24.7 Å². The predicted octanol–water partition coefficient (Wildman–Crippen LogP) is 4.52. The minimum absolute atomic E-state index is 0.182. The average molecular weight is 404 g/mol. The minimum Gasteiger partial charge on any atom is -0.483 e. The molecule has 4 nitrogen and oxygen atoms in total. The van der Waals surface area contributed by atoms with E-state index >= 15 is 0 Å². The van der Waals surface area contributed by atoms with Crippen LogP contribution in [0.25, 0.3) is 0 Å². The van der Waals surface area contributed by atoms with E-state index in [0.717, 1.165) is 17.7 Å². The van der Waals surface area contributed by atoms with Gasteiger partial charge < -0.3 is 14.8 Å². The highest BCUT2D eigenvalue weighted by Crippen LogP contribution is 2.41. The first-order chi connectivity index (χ1) is 12.9. The lowest BCUT2D eigenvalue weighted by atomic mass is 10.0. The number of hydrogen-bond acceptors (Lipinski definition) is 3. The molecule has 0 bridgehead atoms. The van der Waals surface area contributed by atoms with Gasteiger partial charge in [0.25, 0.3) is 5.91 Å². The first-order valence-electron chi connectivity index (χ1n) is 8.48. The van der Waals surface area contributed by atoms with Crippen molar-refractivity contribution in [3.63, 3.8) is 0 Å². The largest absolute Gasteiger partial charge is 0.483 e. The Hall–Kier alpha value is -2.35. The quantitative estimate of drug-likeness (QED) is 0.763. The van der Waals surface area contributed by atoms with Gasteiger partial charge in [0.1, 0.15) is 12.2 Å². The second-order valence-electron chi connectivity index (χ2n) is 6.73. The Kier molecular flexibility index (Phi) is 5.84. The Morgan fingerprint density at radius 3 is 2.89 bits per heavy atom. The third-order valence-corrected chi connectivity index (χ3v) is 4.55. The molecular formula is C21H19Cl2NO3. The Morgan fingerprint density at radius 2 is 2.07 bits per heavy atom. The smallest absolute Gasteiger partial charge is 0.253 e. The van der Waals surface area contributed by atoms with Crippen LogP contribution in [0.2, 0.25) is 10.0 Å². The van der Waals surface area contributed by atoms with Crippen molar-refractivity contribution in [1.29, 1.82) is 0 Å². The highest BCUT2D eigenvalue weighted by atomic mass is 35.5. The number of hydrogen-bond donors (Lipinski definition) is 1. The van der Waals surface area contributed by atoms with Crippen LogP contribution in [-0.4, -0.2) is 24.7 Å². The van der Waals surface area contributed by atoms with Crippen molar-refractivity contribution in [2.45, 2.75) is 25.9 Å². The van der Waals surface area contributed by atoms with E-state index in [0.29, 0.717) is 21.4 Å². The first-order valence-corrected chi connectivity index (χ1v) is 9.24. The molecule has 0 spiro atoms. The van der Waals surface area contributed by atoms with Crippen molar-refractivity contribution < 1.29 is 14.3 Å². The van der Waals surface area contributed by atoms with Crippen LogP contribution in [0.1, 0.15) is 29.8 Å². The van der Waals surface area contributed by atoms with Gasteiger partial charge in [-0.2, -0.15) is 0 Å². The summed E-state index contributed by atoms with van der Waals surface area (Å²) in [6.45, 7) is 4.48. The summed E-state index contributed by atoms with van der Waals surface area (Å²) in [7, 11) is 0. The number of ether oxygens (including phenoxy) is 2. The van der Waals surface area contributed by atoms with E-state index in [2.05, 4.69) is 17.2 Å². The molecule has 0 saturated heterocycles. The van der Waals surface area contributed by atoms with E-state index in [1.165, 1.54) is 6.07 Å². The normalized spacial score (nSPS) is 13.8. The van der Waals surface area contributed by atoms with Crippen LogP contribution in [0.15, 0.2) is 36.4 Å². The van der Waals surface area contributed by atoms with Gasteiger partial charge in [-0.05, 0) is 38.1 Å². The fourth-order valence-electron chi connectivity index (χ4n) is 2.82. The zero-order valence-electron chi connectivity index (χ0n) is 15.1. The van der Waals surface area contributed by atoms with Crippen LogP contribution in [0.3, 0.4) is 0 Å². The zero-order chi connectivity index (χ0) is 19.4. The summed E-state index contributed by atoms with van der Waals surface area (Å²) in [5.41, 5.74) is 1.23. The van der Waals surface area contributed by atoms with Crippen LogP contribution in [0.4, 0.5) is 0 Å². The Labute approximate surface area is 168 Å². The molecule has 3 rings (SSSR count). The molecule has 0 atom stereocenters. The maximum absolute atomic E-state index is 12.1. The molecule has 1 heterocycles. The molecule has 1 N–H and O–H groups in total. The summed E-state index contributed by atoms with van der Waals surface area (Å²) in [4.78, 5) is 12.1. The molecule has 0 saturated carbocycles. The van der Waals surface area contributed by atoms with Gasteiger partial charge in [0, 0.05) is 17.0 Å². The van der Waals surface area contributed by atoms with Gasteiger partial charge in [-0.1, -0.05) is 47.2 Å². The summed E-state index contributed by atoms with van der Waals surface area (Å²) in [6, 6.07) is 10.6. The fourth-order valence-corrected chi connectivity index (χ4v) is 3.20. The molecule has 1 amide bonds. The van der Waals surface area contributed by atoms with Crippen LogP contribution >= 0.6 is 23.2 Å². The molecule has 2 aromatic carbocycles. The van der Waals surface area contributed by atoms with E-state index in [9.17, 15) is 4.79 Å². The SMILES string of the molecule is CC1(C)Cc2cccc(OCC#CCNC(=O)c3cc(Cl)ccc3Cl)c2O1. The van der Waals surface area contributed by atoms with Gasteiger partial charge in [-0.25, -0.2) is 0 Å². The summed E-state index contributed by atoms with van der Waals surface area (Å²) in [5, 5.41) is 3.47. The molecule has 6 heteroatoms. The lowest BCUT2D eigenvalue weighted by molar-refractivity contribution is 0.0959. The Balaban J connectivity index is 1.51. The van der Waals surface area contributed by atoms with Gasteiger partial charge in [-0.15, -0.1) is 0 Å². The predicted molar refractivity (Wildman–Crippen MR) is 107 cm³/mol. The molecule has 2 aromatic rings. The highest BCUT2D eigenvalue weighted by Gasteiger charge is 2.32. The van der Waals surface area contributed by atoms with E-state index in [1.54, 1.807) is 12.1 Å². The van der Waals surface area contributed by atoms with Gasteiger partial charge in [0.15, 0.2) is 11.5 Å². The number of fused-ring (bicyclic) bond motifs is 1. The summed E-state index contributed by atoms with van der Waals surface area (Å²) >= 11 is 11.9. The van der Waals surface area contributed by atoms with Gasteiger partial charge in [-0.3, -0.25) is 4.79 Å². The van der Waals surface area contributed by atoms with Gasteiger partial charge in [0.2, 0.25) is 0 Å².